The van der Waals surface area contributed by atoms with Crippen molar-refractivity contribution in [2.24, 2.45) is 0 Å². The van der Waals surface area contributed by atoms with Crippen molar-refractivity contribution >= 4 is 32.5 Å². The monoisotopic (exact) mass is 471 g/mol. The maximum Gasteiger partial charge on any atom is 0.257 e. The Hall–Kier alpha value is -3.04. The van der Waals surface area contributed by atoms with Crippen LogP contribution in [-0.4, -0.2) is 43.3 Å². The molecule has 0 unspecified atom stereocenters. The van der Waals surface area contributed by atoms with Gasteiger partial charge in [0.2, 0.25) is 10.0 Å². The number of anilines is 1. The topological polar surface area (TPSA) is 88.6 Å². The highest BCUT2D eigenvalue weighted by molar-refractivity contribution is 7.89. The van der Waals surface area contributed by atoms with E-state index >= 15 is 0 Å². The number of halogens is 1. The normalized spacial score (nSPS) is 14.9. The number of sulfonamides is 1. The Labute approximate surface area is 192 Å². The Morgan fingerprint density at radius 3 is 2.61 bits per heavy atom. The van der Waals surface area contributed by atoms with Gasteiger partial charge in [-0.05, 0) is 63.1 Å². The summed E-state index contributed by atoms with van der Waals surface area (Å²) in [4.78, 5) is 17.6. The van der Waals surface area contributed by atoms with Crippen molar-refractivity contribution in [1.29, 1.82) is 0 Å². The summed E-state index contributed by atoms with van der Waals surface area (Å²) in [5, 5.41) is 3.41. The molecule has 1 amide bonds. The van der Waals surface area contributed by atoms with Crippen molar-refractivity contribution in [3.63, 3.8) is 0 Å². The van der Waals surface area contributed by atoms with Crippen LogP contribution in [0.25, 0.3) is 10.9 Å². The van der Waals surface area contributed by atoms with E-state index in [1.54, 1.807) is 32.0 Å². The van der Waals surface area contributed by atoms with Gasteiger partial charge in [0.25, 0.3) is 5.91 Å². The Balaban J connectivity index is 1.68. The van der Waals surface area contributed by atoms with Crippen LogP contribution >= 0.6 is 0 Å². The third-order valence-electron chi connectivity index (χ3n) is 5.67. The van der Waals surface area contributed by atoms with Crippen LogP contribution < -0.4 is 10.1 Å². The fourth-order valence-corrected chi connectivity index (χ4v) is 5.50. The van der Waals surface area contributed by atoms with Gasteiger partial charge in [-0.1, -0.05) is 6.42 Å². The van der Waals surface area contributed by atoms with Crippen LogP contribution in [0, 0.1) is 12.7 Å². The average molecular weight is 472 g/mol. The molecule has 2 aromatic carbocycles. The summed E-state index contributed by atoms with van der Waals surface area (Å²) in [6.07, 6.45) is 2.68. The van der Waals surface area contributed by atoms with Crippen LogP contribution in [0.5, 0.6) is 5.75 Å². The third-order valence-corrected chi connectivity index (χ3v) is 7.56. The average Bonchev–Trinajstić information content (AvgIpc) is 2.80. The number of aryl methyl sites for hydroxylation is 1. The molecule has 9 heteroatoms. The lowest BCUT2D eigenvalue weighted by molar-refractivity contribution is 0.102. The zero-order chi connectivity index (χ0) is 23.6. The molecule has 1 N–H and O–H groups in total. The number of ether oxygens (including phenoxy) is 1. The second kappa shape index (κ2) is 9.44. The van der Waals surface area contributed by atoms with Gasteiger partial charge < -0.3 is 10.1 Å². The molecule has 0 atom stereocenters. The number of nitrogens with one attached hydrogen (secondary N) is 1. The van der Waals surface area contributed by atoms with Gasteiger partial charge in [-0.25, -0.2) is 12.8 Å². The summed E-state index contributed by atoms with van der Waals surface area (Å²) in [5.41, 5.74) is 1.45. The minimum absolute atomic E-state index is 0.104. The number of aromatic nitrogens is 1. The van der Waals surface area contributed by atoms with Crippen molar-refractivity contribution in [3.8, 4) is 5.75 Å². The number of pyridine rings is 1. The molecular weight excluding hydrogens is 445 g/mol. The maximum absolute atomic E-state index is 13.5. The fraction of sp³-hybridized carbons (Fsp3) is 0.333. The first-order valence-electron chi connectivity index (χ1n) is 10.9. The first kappa shape index (κ1) is 23.1. The van der Waals surface area contributed by atoms with Crippen LogP contribution in [0.1, 0.15) is 42.2 Å². The van der Waals surface area contributed by atoms with Gasteiger partial charge in [-0.3, -0.25) is 9.78 Å². The molecule has 0 saturated carbocycles. The second-order valence-corrected chi connectivity index (χ2v) is 9.91. The zero-order valence-electron chi connectivity index (χ0n) is 18.6. The van der Waals surface area contributed by atoms with Crippen molar-refractivity contribution < 1.29 is 22.3 Å². The Morgan fingerprint density at radius 1 is 1.12 bits per heavy atom. The first-order valence-corrected chi connectivity index (χ1v) is 12.4. The number of amides is 1. The summed E-state index contributed by atoms with van der Waals surface area (Å²) >= 11 is 0. The highest BCUT2D eigenvalue weighted by Crippen LogP contribution is 2.31. The molecule has 0 radical (unpaired) electrons. The summed E-state index contributed by atoms with van der Waals surface area (Å²) in [6.45, 7) is 4.79. The molecule has 174 valence electrons. The lowest BCUT2D eigenvalue weighted by Gasteiger charge is -2.26. The van der Waals surface area contributed by atoms with Crippen LogP contribution in [-0.2, 0) is 10.0 Å². The molecule has 1 aliphatic rings. The van der Waals surface area contributed by atoms with E-state index < -0.39 is 21.7 Å². The molecule has 0 aliphatic carbocycles. The molecule has 1 aliphatic heterocycles. The number of rotatable bonds is 6. The van der Waals surface area contributed by atoms with Gasteiger partial charge >= 0.3 is 0 Å². The molecule has 7 nitrogen and oxygen atoms in total. The Morgan fingerprint density at radius 2 is 1.88 bits per heavy atom. The number of hydrogen-bond donors (Lipinski definition) is 1. The van der Waals surface area contributed by atoms with Gasteiger partial charge in [0.05, 0.1) is 34.0 Å². The number of carbonyl (C=O) groups excluding carboxylic acids is 1. The zero-order valence-corrected chi connectivity index (χ0v) is 19.4. The lowest BCUT2D eigenvalue weighted by atomic mass is 10.1. The van der Waals surface area contributed by atoms with E-state index in [9.17, 15) is 17.6 Å². The van der Waals surface area contributed by atoms with E-state index in [1.165, 1.54) is 28.6 Å². The quantitative estimate of drug-likeness (QED) is 0.572. The standard InChI is InChI=1S/C24H26FN3O4S/c1-3-32-23-10-9-19(33(30,31)28-11-5-4-6-12-28)15-22(23)27-24(29)20-13-17-7-8-18(25)14-21(17)26-16(20)2/h7-10,13-15H,3-6,11-12H2,1-2H3,(H,27,29). The van der Waals surface area contributed by atoms with Crippen LogP contribution in [0.4, 0.5) is 10.1 Å². The van der Waals surface area contributed by atoms with E-state index in [0.717, 1.165) is 19.3 Å². The van der Waals surface area contributed by atoms with Gasteiger partial charge in [0.15, 0.2) is 0 Å². The largest absolute Gasteiger partial charge is 0.492 e. The van der Waals surface area contributed by atoms with Crippen molar-refractivity contribution in [1.82, 2.24) is 9.29 Å². The summed E-state index contributed by atoms with van der Waals surface area (Å²) < 4.78 is 46.9. The summed E-state index contributed by atoms with van der Waals surface area (Å²) in [5.74, 6) is -0.490. The minimum atomic E-state index is -3.68. The van der Waals surface area contributed by atoms with E-state index in [2.05, 4.69) is 10.3 Å². The third kappa shape index (κ3) is 4.84. The van der Waals surface area contributed by atoms with E-state index in [4.69, 9.17) is 4.74 Å². The Bertz CT molecular complexity index is 1300. The van der Waals surface area contributed by atoms with Crippen LogP contribution in [0.3, 0.4) is 0 Å². The van der Waals surface area contributed by atoms with E-state index in [1.807, 2.05) is 0 Å². The molecular formula is C24H26FN3O4S. The molecule has 4 rings (SSSR count). The highest BCUT2D eigenvalue weighted by Gasteiger charge is 2.27. The van der Waals surface area contributed by atoms with E-state index in [-0.39, 0.29) is 10.6 Å². The lowest BCUT2D eigenvalue weighted by Crippen LogP contribution is -2.35. The van der Waals surface area contributed by atoms with Crippen molar-refractivity contribution in [2.75, 3.05) is 25.0 Å². The van der Waals surface area contributed by atoms with E-state index in [0.29, 0.717) is 47.6 Å². The molecule has 0 spiro atoms. The predicted molar refractivity (Wildman–Crippen MR) is 125 cm³/mol. The van der Waals surface area contributed by atoms with Crippen LogP contribution in [0.15, 0.2) is 47.4 Å². The molecule has 1 saturated heterocycles. The molecule has 33 heavy (non-hydrogen) atoms. The van der Waals surface area contributed by atoms with Gasteiger partial charge in [0, 0.05) is 24.5 Å². The fourth-order valence-electron chi connectivity index (χ4n) is 3.96. The molecule has 1 aromatic heterocycles. The summed E-state index contributed by atoms with van der Waals surface area (Å²) in [7, 11) is -3.68. The molecule has 3 aromatic rings. The van der Waals surface area contributed by atoms with Gasteiger partial charge in [0.1, 0.15) is 11.6 Å². The molecule has 2 heterocycles. The van der Waals surface area contributed by atoms with Gasteiger partial charge in [-0.2, -0.15) is 4.31 Å². The highest BCUT2D eigenvalue weighted by atomic mass is 32.2. The molecule has 0 bridgehead atoms. The number of carbonyl (C=O) groups is 1. The predicted octanol–water partition coefficient (Wildman–Crippen LogP) is 4.51. The Kier molecular flexibility index (Phi) is 6.62. The number of nitrogens with zero attached hydrogens (tertiary/aromatic N) is 2. The second-order valence-electron chi connectivity index (χ2n) is 7.97. The summed E-state index contributed by atoms with van der Waals surface area (Å²) in [6, 6.07) is 10.3. The molecule has 1 fully saturated rings. The minimum Gasteiger partial charge on any atom is -0.492 e. The number of fused-ring (bicyclic) bond motifs is 1. The van der Waals surface area contributed by atoms with Gasteiger partial charge in [-0.15, -0.1) is 0 Å². The maximum atomic E-state index is 13.5. The smallest absolute Gasteiger partial charge is 0.257 e. The van der Waals surface area contributed by atoms with Crippen LogP contribution in [0.2, 0.25) is 0 Å². The number of piperidine rings is 1. The SMILES string of the molecule is CCOc1ccc(S(=O)(=O)N2CCCCC2)cc1NC(=O)c1cc2ccc(F)cc2nc1C. The van der Waals surface area contributed by atoms with Crippen molar-refractivity contribution in [3.05, 3.63) is 59.5 Å². The first-order chi connectivity index (χ1) is 15.8. The number of benzene rings is 2. The van der Waals surface area contributed by atoms with Crippen molar-refractivity contribution in [2.45, 2.75) is 38.0 Å². The number of hydrogen-bond acceptors (Lipinski definition) is 5.